The maximum atomic E-state index is 15.6. The van der Waals surface area contributed by atoms with Crippen LogP contribution in [-0.4, -0.2) is 42.1 Å². The average molecular weight is 665 g/mol. The van der Waals surface area contributed by atoms with Gasteiger partial charge in [0.1, 0.15) is 5.60 Å². The summed E-state index contributed by atoms with van der Waals surface area (Å²) < 4.78 is 43.7. The lowest BCUT2D eigenvalue weighted by atomic mass is 9.77. The molecule has 9 heteroatoms. The number of thiocarbonyl (C=S) groups is 1. The summed E-state index contributed by atoms with van der Waals surface area (Å²) in [5.41, 5.74) is 0.212. The zero-order chi connectivity index (χ0) is 33.6. The van der Waals surface area contributed by atoms with Gasteiger partial charge in [-0.15, -0.1) is 0 Å². The minimum atomic E-state index is -1.56. The van der Waals surface area contributed by atoms with E-state index >= 15 is 4.39 Å². The number of ether oxygens (including phenoxy) is 2. The highest BCUT2D eigenvalue weighted by molar-refractivity contribution is 7.80. The normalized spacial score (nSPS) is 19.1. The molecule has 1 aliphatic rings. The van der Waals surface area contributed by atoms with Crippen LogP contribution in [0.5, 0.6) is 0 Å². The van der Waals surface area contributed by atoms with Crippen molar-refractivity contribution in [2.75, 3.05) is 19.8 Å². The first-order valence-corrected chi connectivity index (χ1v) is 16.0. The molecule has 1 aliphatic heterocycles. The van der Waals surface area contributed by atoms with Gasteiger partial charge in [-0.3, -0.25) is 10.1 Å². The molecule has 3 N–H and O–H groups in total. The fourth-order valence-corrected chi connectivity index (χ4v) is 6.79. The first-order chi connectivity index (χ1) is 23.4. The number of halogens is 2. The van der Waals surface area contributed by atoms with E-state index in [1.54, 1.807) is 30.3 Å². The lowest BCUT2D eigenvalue weighted by Gasteiger charge is -2.39. The molecule has 5 aromatic rings. The van der Waals surface area contributed by atoms with Crippen LogP contribution >= 0.6 is 12.2 Å². The topological polar surface area (TPSA) is 79.8 Å². The van der Waals surface area contributed by atoms with Gasteiger partial charge in [-0.25, -0.2) is 8.78 Å². The van der Waals surface area contributed by atoms with Crippen LogP contribution in [-0.2, 0) is 20.6 Å². The van der Waals surface area contributed by atoms with Crippen LogP contribution in [0.1, 0.15) is 32.6 Å². The van der Waals surface area contributed by atoms with Gasteiger partial charge in [0.15, 0.2) is 16.7 Å². The van der Waals surface area contributed by atoms with Crippen molar-refractivity contribution in [3.8, 4) is 0 Å². The lowest BCUT2D eigenvalue weighted by Crippen LogP contribution is -2.57. The molecule has 0 saturated carbocycles. The standard InChI is InChI=1S/C39H34F2N2O4S/c40-33-23-13-22-31(35(33)41)38(43-37(48)42-36(45)27-14-5-1-6-15-27)26-46-34(32(38)24-44)25-47-39(28-16-7-2-8-17-28,29-18-9-3-10-19-29)30-20-11-4-12-21-30/h1-23,32,34,44H,24-26H2,(H2,42,43,45,48)/t32-,34?,38-/m1/s1. The molecule has 244 valence electrons. The molecule has 1 fully saturated rings. The average Bonchev–Trinajstić information content (AvgIpc) is 3.48. The number of carbonyl (C=O) groups is 1. The molecule has 6 rings (SSSR count). The van der Waals surface area contributed by atoms with E-state index in [0.29, 0.717) is 5.56 Å². The van der Waals surface area contributed by atoms with E-state index in [4.69, 9.17) is 21.7 Å². The zero-order valence-electron chi connectivity index (χ0n) is 25.9. The number of carbonyl (C=O) groups excluding carboxylic acids is 1. The third-order valence-corrected chi connectivity index (χ3v) is 9.04. The summed E-state index contributed by atoms with van der Waals surface area (Å²) in [6.45, 7) is -0.752. The minimum Gasteiger partial charge on any atom is -0.396 e. The summed E-state index contributed by atoms with van der Waals surface area (Å²) >= 11 is 5.54. The molecule has 5 aromatic carbocycles. The molecule has 0 spiro atoms. The van der Waals surface area contributed by atoms with Gasteiger partial charge >= 0.3 is 0 Å². The van der Waals surface area contributed by atoms with Gasteiger partial charge in [-0.1, -0.05) is 121 Å². The summed E-state index contributed by atoms with van der Waals surface area (Å²) in [6.07, 6.45) is -0.812. The number of amides is 1. The second-order valence-electron chi connectivity index (χ2n) is 11.6. The van der Waals surface area contributed by atoms with Gasteiger partial charge in [-0.2, -0.15) is 0 Å². The number of hydrogen-bond donors (Lipinski definition) is 3. The Labute approximate surface area is 283 Å². The second kappa shape index (κ2) is 14.5. The summed E-state index contributed by atoms with van der Waals surface area (Å²) in [5, 5.41) is 16.5. The SMILES string of the molecule is O=C(NC(=S)N[C@@]1(c2cccc(F)c2F)COC(COC(c2ccccc2)(c2ccccc2)c2ccccc2)[C@H]1CO)c1ccccc1. The number of hydrogen-bond acceptors (Lipinski definition) is 5. The van der Waals surface area contributed by atoms with Crippen LogP contribution in [0.15, 0.2) is 140 Å². The second-order valence-corrected chi connectivity index (χ2v) is 12.0. The Balaban J connectivity index is 1.37. The van der Waals surface area contributed by atoms with Crippen molar-refractivity contribution in [2.24, 2.45) is 5.92 Å². The zero-order valence-corrected chi connectivity index (χ0v) is 26.7. The Kier molecular flexibility index (Phi) is 10.0. The van der Waals surface area contributed by atoms with E-state index in [1.807, 2.05) is 91.0 Å². The Bertz CT molecular complexity index is 1750. The Morgan fingerprint density at radius 2 is 1.33 bits per heavy atom. The molecule has 6 nitrogen and oxygen atoms in total. The van der Waals surface area contributed by atoms with Crippen LogP contribution in [0, 0.1) is 17.6 Å². The molecule has 0 aromatic heterocycles. The highest BCUT2D eigenvalue weighted by Crippen LogP contribution is 2.44. The summed E-state index contributed by atoms with van der Waals surface area (Å²) in [7, 11) is 0. The van der Waals surface area contributed by atoms with Crippen molar-refractivity contribution >= 4 is 23.2 Å². The van der Waals surface area contributed by atoms with Crippen LogP contribution in [0.25, 0.3) is 0 Å². The largest absolute Gasteiger partial charge is 0.396 e. The first kappa shape index (κ1) is 33.1. The highest BCUT2D eigenvalue weighted by Gasteiger charge is 2.53. The number of benzene rings is 5. The number of aliphatic hydroxyl groups is 1. The summed E-state index contributed by atoms with van der Waals surface area (Å²) in [6, 6.07) is 41.6. The van der Waals surface area contributed by atoms with E-state index in [1.165, 1.54) is 12.1 Å². The first-order valence-electron chi connectivity index (χ1n) is 15.5. The van der Waals surface area contributed by atoms with Crippen molar-refractivity contribution < 1.29 is 28.2 Å². The van der Waals surface area contributed by atoms with Crippen molar-refractivity contribution in [3.05, 3.63) is 179 Å². The van der Waals surface area contributed by atoms with Gasteiger partial charge in [0.25, 0.3) is 5.91 Å². The van der Waals surface area contributed by atoms with E-state index in [-0.39, 0.29) is 23.9 Å². The smallest absolute Gasteiger partial charge is 0.257 e. The predicted octanol–water partition coefficient (Wildman–Crippen LogP) is 6.48. The number of aliphatic hydroxyl groups excluding tert-OH is 1. The molecule has 48 heavy (non-hydrogen) atoms. The van der Waals surface area contributed by atoms with Gasteiger partial charge < -0.3 is 19.9 Å². The van der Waals surface area contributed by atoms with E-state index in [9.17, 15) is 14.3 Å². The van der Waals surface area contributed by atoms with Crippen LogP contribution in [0.3, 0.4) is 0 Å². The molecule has 3 atom stereocenters. The van der Waals surface area contributed by atoms with Crippen LogP contribution in [0.4, 0.5) is 8.78 Å². The van der Waals surface area contributed by atoms with Crippen molar-refractivity contribution in [1.82, 2.24) is 10.6 Å². The Morgan fingerprint density at radius 3 is 1.85 bits per heavy atom. The molecule has 1 unspecified atom stereocenters. The molecule has 0 aliphatic carbocycles. The lowest BCUT2D eigenvalue weighted by molar-refractivity contribution is -0.0603. The minimum absolute atomic E-state index is 0.0482. The maximum absolute atomic E-state index is 15.6. The summed E-state index contributed by atoms with van der Waals surface area (Å²) in [4.78, 5) is 12.9. The molecule has 1 amide bonds. The fraction of sp³-hybridized carbons (Fsp3) is 0.179. The third kappa shape index (κ3) is 6.37. The van der Waals surface area contributed by atoms with Crippen molar-refractivity contribution in [3.63, 3.8) is 0 Å². The van der Waals surface area contributed by atoms with Gasteiger partial charge in [0.05, 0.1) is 31.5 Å². The predicted molar refractivity (Wildman–Crippen MR) is 183 cm³/mol. The quantitative estimate of drug-likeness (QED) is 0.117. The van der Waals surface area contributed by atoms with Crippen molar-refractivity contribution in [2.45, 2.75) is 17.2 Å². The molecule has 0 radical (unpaired) electrons. The van der Waals surface area contributed by atoms with E-state index in [2.05, 4.69) is 10.6 Å². The Morgan fingerprint density at radius 1 is 0.812 bits per heavy atom. The maximum Gasteiger partial charge on any atom is 0.257 e. The van der Waals surface area contributed by atoms with Gasteiger partial charge in [0, 0.05) is 17.0 Å². The monoisotopic (exact) mass is 664 g/mol. The molecule has 1 heterocycles. The Hall–Kier alpha value is -4.80. The van der Waals surface area contributed by atoms with Gasteiger partial charge in [0.2, 0.25) is 0 Å². The molecular weight excluding hydrogens is 631 g/mol. The van der Waals surface area contributed by atoms with Crippen LogP contribution < -0.4 is 10.6 Å². The van der Waals surface area contributed by atoms with Crippen molar-refractivity contribution in [1.29, 1.82) is 0 Å². The highest BCUT2D eigenvalue weighted by atomic mass is 32.1. The van der Waals surface area contributed by atoms with E-state index in [0.717, 1.165) is 22.8 Å². The number of rotatable bonds is 10. The fourth-order valence-electron chi connectivity index (χ4n) is 6.51. The van der Waals surface area contributed by atoms with Gasteiger partial charge in [-0.05, 0) is 47.1 Å². The molecular formula is C39H34F2N2O4S. The van der Waals surface area contributed by atoms with Crippen LogP contribution in [0.2, 0.25) is 0 Å². The number of nitrogens with one attached hydrogen (secondary N) is 2. The molecule has 0 bridgehead atoms. The van der Waals surface area contributed by atoms with E-state index < -0.39 is 47.3 Å². The molecule has 1 saturated heterocycles. The summed E-state index contributed by atoms with van der Waals surface area (Å²) in [5.74, 6) is -3.56. The third-order valence-electron chi connectivity index (χ3n) is 8.84.